The summed E-state index contributed by atoms with van der Waals surface area (Å²) in [5.41, 5.74) is 2.52. The summed E-state index contributed by atoms with van der Waals surface area (Å²) < 4.78 is 1.87. The van der Waals surface area contributed by atoms with Crippen LogP contribution in [0.15, 0.2) is 39.4 Å². The molecule has 1 aromatic heterocycles. The Kier molecular flexibility index (Phi) is 6.59. The summed E-state index contributed by atoms with van der Waals surface area (Å²) in [4.78, 5) is 4.40. The maximum atomic E-state index is 6.06. The number of pyridine rings is 1. The zero-order valence-electron chi connectivity index (χ0n) is 14.4. The van der Waals surface area contributed by atoms with Gasteiger partial charge in [-0.3, -0.25) is 0 Å². The summed E-state index contributed by atoms with van der Waals surface area (Å²) in [5.74, 6) is 0.718. The Hall–Kier alpha value is -0.690. The van der Waals surface area contributed by atoms with Crippen molar-refractivity contribution >= 4 is 66.6 Å². The Bertz CT molecular complexity index is 805. The lowest BCUT2D eigenvalue weighted by molar-refractivity contribution is 0.435. The summed E-state index contributed by atoms with van der Waals surface area (Å²) in [6.45, 7) is 2.82. The highest BCUT2D eigenvalue weighted by Crippen LogP contribution is 2.41. The first-order valence-electron chi connectivity index (χ1n) is 8.53. The quantitative estimate of drug-likeness (QED) is 0.463. The predicted molar refractivity (Wildman–Crippen MR) is 120 cm³/mol. The van der Waals surface area contributed by atoms with Gasteiger partial charge in [-0.05, 0) is 87.1 Å². The fraction of sp³-hybridized carbons (Fsp3) is 0.368. The first-order chi connectivity index (χ1) is 12.4. The predicted octanol–water partition coefficient (Wildman–Crippen LogP) is 6.37. The first-order valence-corrected chi connectivity index (χ1v) is 10.9. The van der Waals surface area contributed by atoms with Crippen molar-refractivity contribution in [3.05, 3.63) is 55.6 Å². The van der Waals surface area contributed by atoms with Gasteiger partial charge in [0.2, 0.25) is 0 Å². The number of thiocarbonyl (C=S) groups is 1. The number of benzene rings is 1. The lowest BCUT2D eigenvalue weighted by Crippen LogP contribution is -2.41. The van der Waals surface area contributed by atoms with E-state index in [1.54, 1.807) is 6.20 Å². The van der Waals surface area contributed by atoms with Gasteiger partial charge in [0, 0.05) is 27.7 Å². The van der Waals surface area contributed by atoms with E-state index in [2.05, 4.69) is 59.6 Å². The van der Waals surface area contributed by atoms with Crippen LogP contribution in [0.2, 0.25) is 5.02 Å². The van der Waals surface area contributed by atoms with Crippen LogP contribution in [0.4, 0.5) is 5.82 Å². The van der Waals surface area contributed by atoms with Gasteiger partial charge < -0.3 is 10.6 Å². The largest absolute Gasteiger partial charge is 0.362 e. The molecule has 0 radical (unpaired) electrons. The molecule has 138 valence electrons. The second-order valence-electron chi connectivity index (χ2n) is 6.70. The minimum absolute atomic E-state index is 0.108. The van der Waals surface area contributed by atoms with Crippen LogP contribution < -0.4 is 10.6 Å². The van der Waals surface area contributed by atoms with E-state index >= 15 is 0 Å². The minimum atomic E-state index is 0.108. The van der Waals surface area contributed by atoms with E-state index in [0.29, 0.717) is 5.11 Å². The standard InChI is InChI=1S/C19H20Br2ClN3S/c1-12-15(20)10-23-17(16(12)21)25-18(26)24-11-19(8-2-3-9-19)13-4-6-14(22)7-5-13/h4-7,10H,2-3,8-9,11H2,1H3,(H2,23,24,25,26). The highest BCUT2D eigenvalue weighted by Gasteiger charge is 2.35. The summed E-state index contributed by atoms with van der Waals surface area (Å²) in [6, 6.07) is 8.22. The molecule has 1 aliphatic carbocycles. The van der Waals surface area contributed by atoms with Crippen LogP contribution in [0, 0.1) is 6.92 Å². The maximum Gasteiger partial charge on any atom is 0.172 e. The third kappa shape index (κ3) is 4.41. The third-order valence-corrected chi connectivity index (χ3v) is 7.31. The van der Waals surface area contributed by atoms with Gasteiger partial charge in [0.25, 0.3) is 0 Å². The Morgan fingerprint density at radius 3 is 2.54 bits per heavy atom. The van der Waals surface area contributed by atoms with Gasteiger partial charge >= 0.3 is 0 Å². The topological polar surface area (TPSA) is 37.0 Å². The SMILES string of the molecule is Cc1c(Br)cnc(NC(=S)NCC2(c3ccc(Cl)cc3)CCCC2)c1Br. The molecule has 0 saturated heterocycles. The van der Waals surface area contributed by atoms with Crippen molar-refractivity contribution in [3.63, 3.8) is 0 Å². The fourth-order valence-corrected chi connectivity index (χ4v) is 4.74. The van der Waals surface area contributed by atoms with Crippen LogP contribution in [-0.2, 0) is 5.41 Å². The van der Waals surface area contributed by atoms with E-state index in [1.807, 2.05) is 19.1 Å². The van der Waals surface area contributed by atoms with Crippen LogP contribution >= 0.6 is 55.7 Å². The van der Waals surface area contributed by atoms with E-state index in [0.717, 1.165) is 44.7 Å². The van der Waals surface area contributed by atoms with Gasteiger partial charge in [-0.25, -0.2) is 4.98 Å². The van der Waals surface area contributed by atoms with Gasteiger partial charge in [-0.1, -0.05) is 36.6 Å². The molecule has 1 aliphatic rings. The number of aromatic nitrogens is 1. The number of hydrogen-bond donors (Lipinski definition) is 2. The molecule has 0 unspecified atom stereocenters. The van der Waals surface area contributed by atoms with Crippen molar-refractivity contribution in [2.45, 2.75) is 38.0 Å². The molecular formula is C19H20Br2ClN3S. The summed E-state index contributed by atoms with van der Waals surface area (Å²) in [6.07, 6.45) is 6.57. The van der Waals surface area contributed by atoms with E-state index in [-0.39, 0.29) is 5.41 Å². The molecule has 1 aromatic carbocycles. The maximum absolute atomic E-state index is 6.06. The molecule has 7 heteroatoms. The van der Waals surface area contributed by atoms with Gasteiger partial charge in [-0.15, -0.1) is 0 Å². The lowest BCUT2D eigenvalue weighted by atomic mass is 9.79. The molecule has 2 aromatic rings. The first kappa shape index (κ1) is 20.1. The summed E-state index contributed by atoms with van der Waals surface area (Å²) in [5, 5.41) is 7.96. The number of halogens is 3. The Morgan fingerprint density at radius 2 is 1.88 bits per heavy atom. The second kappa shape index (κ2) is 8.55. The number of hydrogen-bond acceptors (Lipinski definition) is 2. The molecule has 0 atom stereocenters. The average molecular weight is 518 g/mol. The third-order valence-electron chi connectivity index (χ3n) is 5.04. The summed E-state index contributed by atoms with van der Waals surface area (Å²) in [7, 11) is 0. The number of nitrogens with one attached hydrogen (secondary N) is 2. The molecule has 1 heterocycles. The van der Waals surface area contributed by atoms with Gasteiger partial charge in [0.05, 0.1) is 4.47 Å². The molecule has 26 heavy (non-hydrogen) atoms. The normalized spacial score (nSPS) is 15.7. The van der Waals surface area contributed by atoms with E-state index in [4.69, 9.17) is 23.8 Å². The highest BCUT2D eigenvalue weighted by atomic mass is 79.9. The molecule has 2 N–H and O–H groups in total. The zero-order chi connectivity index (χ0) is 18.7. The molecular weight excluding hydrogens is 498 g/mol. The molecule has 1 fully saturated rings. The molecule has 0 amide bonds. The van der Waals surface area contributed by atoms with E-state index in [9.17, 15) is 0 Å². The van der Waals surface area contributed by atoms with Crippen molar-refractivity contribution < 1.29 is 0 Å². The Balaban J connectivity index is 1.69. The Morgan fingerprint density at radius 1 is 1.23 bits per heavy atom. The van der Waals surface area contributed by atoms with Crippen LogP contribution in [0.3, 0.4) is 0 Å². The lowest BCUT2D eigenvalue weighted by Gasteiger charge is -2.30. The minimum Gasteiger partial charge on any atom is -0.362 e. The zero-order valence-corrected chi connectivity index (χ0v) is 19.2. The molecule has 0 aliphatic heterocycles. The number of anilines is 1. The van der Waals surface area contributed by atoms with Crippen LogP contribution in [0.25, 0.3) is 0 Å². The van der Waals surface area contributed by atoms with Crippen LogP contribution in [-0.4, -0.2) is 16.6 Å². The van der Waals surface area contributed by atoms with Crippen molar-refractivity contribution in [2.24, 2.45) is 0 Å². The highest BCUT2D eigenvalue weighted by molar-refractivity contribution is 9.11. The average Bonchev–Trinajstić information content (AvgIpc) is 3.11. The monoisotopic (exact) mass is 515 g/mol. The van der Waals surface area contributed by atoms with Crippen molar-refractivity contribution in [1.82, 2.24) is 10.3 Å². The smallest absolute Gasteiger partial charge is 0.172 e. The van der Waals surface area contributed by atoms with E-state index in [1.165, 1.54) is 18.4 Å². The summed E-state index contributed by atoms with van der Waals surface area (Å²) >= 11 is 18.6. The van der Waals surface area contributed by atoms with Crippen LogP contribution in [0.5, 0.6) is 0 Å². The molecule has 1 saturated carbocycles. The molecule has 3 nitrogen and oxygen atoms in total. The van der Waals surface area contributed by atoms with Crippen molar-refractivity contribution in [3.8, 4) is 0 Å². The fourth-order valence-electron chi connectivity index (χ4n) is 3.47. The number of rotatable bonds is 4. The molecule has 3 rings (SSSR count). The van der Waals surface area contributed by atoms with E-state index < -0.39 is 0 Å². The van der Waals surface area contributed by atoms with Gasteiger partial charge in [-0.2, -0.15) is 0 Å². The Labute approximate surface area is 181 Å². The second-order valence-corrected chi connectivity index (χ2v) is 9.19. The van der Waals surface area contributed by atoms with Gasteiger partial charge in [0.15, 0.2) is 5.11 Å². The molecule has 0 spiro atoms. The number of nitrogens with zero attached hydrogens (tertiary/aromatic N) is 1. The van der Waals surface area contributed by atoms with Crippen LogP contribution in [0.1, 0.15) is 36.8 Å². The van der Waals surface area contributed by atoms with Crippen molar-refractivity contribution in [1.29, 1.82) is 0 Å². The van der Waals surface area contributed by atoms with Gasteiger partial charge in [0.1, 0.15) is 5.82 Å². The van der Waals surface area contributed by atoms with Crippen molar-refractivity contribution in [2.75, 3.05) is 11.9 Å². The molecule has 0 bridgehead atoms.